The zero-order valence-electron chi connectivity index (χ0n) is 16.0. The van der Waals surface area contributed by atoms with Crippen LogP contribution >= 0.6 is 0 Å². The van der Waals surface area contributed by atoms with E-state index in [9.17, 15) is 4.79 Å². The van der Waals surface area contributed by atoms with Crippen LogP contribution in [0.3, 0.4) is 0 Å². The zero-order chi connectivity index (χ0) is 19.2. The molecule has 1 heterocycles. The number of rotatable bonds is 6. The molecular weight excluding hydrogens is 344 g/mol. The van der Waals surface area contributed by atoms with Crippen LogP contribution in [-0.4, -0.2) is 46.4 Å². The summed E-state index contributed by atoms with van der Waals surface area (Å²) in [6.45, 7) is 5.16. The third-order valence-electron chi connectivity index (χ3n) is 4.76. The number of hydrogen-bond acceptors (Lipinski definition) is 5. The van der Waals surface area contributed by atoms with Gasteiger partial charge in [-0.1, -0.05) is 0 Å². The van der Waals surface area contributed by atoms with Gasteiger partial charge in [0.15, 0.2) is 0 Å². The van der Waals surface area contributed by atoms with E-state index in [4.69, 9.17) is 14.2 Å². The van der Waals surface area contributed by atoms with Gasteiger partial charge in [-0.3, -0.25) is 4.79 Å². The Hall–Kier alpha value is -2.73. The average molecular weight is 370 g/mol. The second-order valence-corrected chi connectivity index (χ2v) is 6.45. The molecule has 2 aromatic rings. The van der Waals surface area contributed by atoms with E-state index in [-0.39, 0.29) is 11.9 Å². The lowest BCUT2D eigenvalue weighted by molar-refractivity contribution is 0.0939. The summed E-state index contributed by atoms with van der Waals surface area (Å²) in [5.41, 5.74) is 2.64. The zero-order valence-corrected chi connectivity index (χ0v) is 16.0. The first kappa shape index (κ1) is 19.0. The molecule has 1 unspecified atom stereocenters. The maximum atomic E-state index is 12.6. The Kier molecular flexibility index (Phi) is 6.19. The van der Waals surface area contributed by atoms with Gasteiger partial charge in [-0.25, -0.2) is 0 Å². The lowest BCUT2D eigenvalue weighted by atomic mass is 10.1. The Bertz CT molecular complexity index is 770. The number of nitrogens with zero attached hydrogens (tertiary/aromatic N) is 1. The molecule has 144 valence electrons. The summed E-state index contributed by atoms with van der Waals surface area (Å²) in [5, 5.41) is 3.03. The van der Waals surface area contributed by atoms with Crippen molar-refractivity contribution in [2.75, 3.05) is 45.4 Å². The normalized spacial score (nSPS) is 15.1. The van der Waals surface area contributed by atoms with E-state index in [0.717, 1.165) is 37.6 Å². The van der Waals surface area contributed by atoms with Crippen LogP contribution in [0.25, 0.3) is 0 Å². The number of amides is 1. The molecule has 1 aliphatic heterocycles. The van der Waals surface area contributed by atoms with E-state index >= 15 is 0 Å². The molecule has 1 atom stereocenters. The minimum atomic E-state index is -0.197. The summed E-state index contributed by atoms with van der Waals surface area (Å²) in [4.78, 5) is 14.9. The van der Waals surface area contributed by atoms with Crippen molar-refractivity contribution in [1.82, 2.24) is 5.32 Å². The number of nitrogens with one attached hydrogen (secondary N) is 1. The van der Waals surface area contributed by atoms with Crippen molar-refractivity contribution in [3.8, 4) is 11.5 Å². The highest BCUT2D eigenvalue weighted by molar-refractivity contribution is 5.94. The molecule has 1 saturated heterocycles. The van der Waals surface area contributed by atoms with Crippen LogP contribution in [0.5, 0.6) is 11.5 Å². The molecular formula is C21H26N2O4. The highest BCUT2D eigenvalue weighted by atomic mass is 16.5. The molecule has 0 radical (unpaired) electrons. The van der Waals surface area contributed by atoms with Crippen LogP contribution in [0, 0.1) is 0 Å². The molecule has 1 aliphatic rings. The number of hydrogen-bond donors (Lipinski definition) is 1. The van der Waals surface area contributed by atoms with Crippen molar-refractivity contribution >= 4 is 11.6 Å². The molecule has 6 heteroatoms. The molecule has 1 N–H and O–H groups in total. The summed E-state index contributed by atoms with van der Waals surface area (Å²) in [6.07, 6.45) is 0. The maximum absolute atomic E-state index is 12.6. The van der Waals surface area contributed by atoms with Gasteiger partial charge < -0.3 is 24.4 Å². The Morgan fingerprint density at radius 2 is 1.78 bits per heavy atom. The fourth-order valence-corrected chi connectivity index (χ4v) is 3.18. The van der Waals surface area contributed by atoms with Crippen LogP contribution < -0.4 is 19.7 Å². The number of benzene rings is 2. The molecule has 0 aromatic heterocycles. The van der Waals surface area contributed by atoms with Gasteiger partial charge in [-0.15, -0.1) is 0 Å². The average Bonchev–Trinajstić information content (AvgIpc) is 2.73. The first-order valence-electron chi connectivity index (χ1n) is 9.08. The Balaban J connectivity index is 1.67. The van der Waals surface area contributed by atoms with Gasteiger partial charge in [0.25, 0.3) is 5.91 Å². The van der Waals surface area contributed by atoms with Crippen molar-refractivity contribution in [3.63, 3.8) is 0 Å². The Morgan fingerprint density at radius 3 is 2.41 bits per heavy atom. The fourth-order valence-electron chi connectivity index (χ4n) is 3.18. The number of anilines is 1. The van der Waals surface area contributed by atoms with Crippen molar-refractivity contribution in [2.24, 2.45) is 0 Å². The van der Waals surface area contributed by atoms with Crippen LogP contribution in [-0.2, 0) is 4.74 Å². The Labute approximate surface area is 160 Å². The van der Waals surface area contributed by atoms with Gasteiger partial charge in [0, 0.05) is 36.0 Å². The molecule has 27 heavy (non-hydrogen) atoms. The van der Waals surface area contributed by atoms with E-state index in [1.165, 1.54) is 0 Å². The number of methoxy groups -OCH3 is 2. The second kappa shape index (κ2) is 8.77. The van der Waals surface area contributed by atoms with Gasteiger partial charge in [-0.05, 0) is 43.3 Å². The first-order chi connectivity index (χ1) is 13.1. The topological polar surface area (TPSA) is 60.0 Å². The van der Waals surface area contributed by atoms with E-state index in [1.807, 2.05) is 49.4 Å². The smallest absolute Gasteiger partial charge is 0.251 e. The van der Waals surface area contributed by atoms with Crippen molar-refractivity contribution in [3.05, 3.63) is 53.6 Å². The monoisotopic (exact) mass is 370 g/mol. The molecule has 2 aromatic carbocycles. The van der Waals surface area contributed by atoms with E-state index in [2.05, 4.69) is 10.2 Å². The number of morpholine rings is 1. The fraction of sp³-hybridized carbons (Fsp3) is 0.381. The summed E-state index contributed by atoms with van der Waals surface area (Å²) >= 11 is 0. The minimum absolute atomic E-state index is 0.117. The van der Waals surface area contributed by atoms with Crippen molar-refractivity contribution < 1.29 is 19.0 Å². The number of carbonyl (C=O) groups is 1. The van der Waals surface area contributed by atoms with Gasteiger partial charge in [0.2, 0.25) is 0 Å². The minimum Gasteiger partial charge on any atom is -0.497 e. The third kappa shape index (κ3) is 4.52. The predicted molar refractivity (Wildman–Crippen MR) is 105 cm³/mol. The van der Waals surface area contributed by atoms with Crippen LogP contribution in [0.2, 0.25) is 0 Å². The molecule has 0 aliphatic carbocycles. The summed E-state index contributed by atoms with van der Waals surface area (Å²) in [7, 11) is 3.22. The predicted octanol–water partition coefficient (Wildman–Crippen LogP) is 3.03. The first-order valence-corrected chi connectivity index (χ1v) is 9.08. The van der Waals surface area contributed by atoms with Crippen LogP contribution in [0.15, 0.2) is 42.5 Å². The third-order valence-corrected chi connectivity index (χ3v) is 4.76. The van der Waals surface area contributed by atoms with E-state index in [0.29, 0.717) is 17.1 Å². The molecule has 1 amide bonds. The lowest BCUT2D eigenvalue weighted by Crippen LogP contribution is -2.36. The van der Waals surface area contributed by atoms with E-state index < -0.39 is 0 Å². The standard InChI is InChI=1S/C21H26N2O4/c1-15(19-9-8-18(25-2)14-20(19)26-3)22-21(24)16-4-6-17(7-5-16)23-10-12-27-13-11-23/h4-9,14-15H,10-13H2,1-3H3,(H,22,24). The summed E-state index contributed by atoms with van der Waals surface area (Å²) in [6, 6.07) is 13.1. The quantitative estimate of drug-likeness (QED) is 0.847. The molecule has 6 nitrogen and oxygen atoms in total. The second-order valence-electron chi connectivity index (χ2n) is 6.45. The summed E-state index contributed by atoms with van der Waals surface area (Å²) in [5.74, 6) is 1.28. The molecule has 0 spiro atoms. The molecule has 0 bridgehead atoms. The van der Waals surface area contributed by atoms with Gasteiger partial charge in [0.1, 0.15) is 11.5 Å². The molecule has 3 rings (SSSR count). The van der Waals surface area contributed by atoms with Gasteiger partial charge in [-0.2, -0.15) is 0 Å². The van der Waals surface area contributed by atoms with Crippen molar-refractivity contribution in [2.45, 2.75) is 13.0 Å². The van der Waals surface area contributed by atoms with E-state index in [1.54, 1.807) is 14.2 Å². The van der Waals surface area contributed by atoms with Gasteiger partial charge in [0.05, 0.1) is 33.5 Å². The highest BCUT2D eigenvalue weighted by Gasteiger charge is 2.17. The summed E-state index contributed by atoms with van der Waals surface area (Å²) < 4.78 is 16.0. The lowest BCUT2D eigenvalue weighted by Gasteiger charge is -2.28. The molecule has 0 saturated carbocycles. The largest absolute Gasteiger partial charge is 0.497 e. The Morgan fingerprint density at radius 1 is 1.07 bits per heavy atom. The highest BCUT2D eigenvalue weighted by Crippen LogP contribution is 2.29. The van der Waals surface area contributed by atoms with Crippen LogP contribution in [0.1, 0.15) is 28.9 Å². The maximum Gasteiger partial charge on any atom is 0.251 e. The number of carbonyl (C=O) groups excluding carboxylic acids is 1. The molecule has 1 fully saturated rings. The van der Waals surface area contributed by atoms with Crippen LogP contribution in [0.4, 0.5) is 5.69 Å². The van der Waals surface area contributed by atoms with Crippen molar-refractivity contribution in [1.29, 1.82) is 0 Å². The van der Waals surface area contributed by atoms with Gasteiger partial charge >= 0.3 is 0 Å². The SMILES string of the molecule is COc1ccc(C(C)NC(=O)c2ccc(N3CCOCC3)cc2)c(OC)c1. The number of ether oxygens (including phenoxy) is 3.